The molecule has 0 unspecified atom stereocenters. The van der Waals surface area contributed by atoms with Crippen LogP contribution >= 0.6 is 0 Å². The van der Waals surface area contributed by atoms with Gasteiger partial charge in [0.1, 0.15) is 5.75 Å². The molecule has 0 spiro atoms. The third-order valence-electron chi connectivity index (χ3n) is 5.15. The number of carbonyl (C=O) groups is 1. The molecule has 0 aromatic heterocycles. The monoisotopic (exact) mass is 386 g/mol. The molecule has 1 saturated heterocycles. The van der Waals surface area contributed by atoms with Gasteiger partial charge in [-0.15, -0.1) is 0 Å². The van der Waals surface area contributed by atoms with Gasteiger partial charge in [0, 0.05) is 49.3 Å². The third kappa shape index (κ3) is 4.35. The zero-order valence-corrected chi connectivity index (χ0v) is 16.5. The number of methoxy groups -OCH3 is 1. The minimum Gasteiger partial charge on any atom is -0.496 e. The number of amides is 1. The summed E-state index contributed by atoms with van der Waals surface area (Å²) in [5.41, 5.74) is 3.61. The zero-order valence-electron chi connectivity index (χ0n) is 16.5. The first kappa shape index (κ1) is 18.9. The number of nitrogens with one attached hydrogen (secondary N) is 1. The second-order valence-electron chi connectivity index (χ2n) is 6.92. The van der Waals surface area contributed by atoms with E-state index in [1.807, 2.05) is 36.4 Å². The van der Waals surface area contributed by atoms with Crippen LogP contribution in [-0.2, 0) is 0 Å². The van der Waals surface area contributed by atoms with Crippen LogP contribution in [-0.4, -0.2) is 39.2 Å². The summed E-state index contributed by atoms with van der Waals surface area (Å²) in [5, 5.41) is 2.94. The van der Waals surface area contributed by atoms with Crippen LogP contribution in [0.2, 0.25) is 0 Å². The molecule has 1 aliphatic rings. The average molecular weight is 386 g/mol. The van der Waals surface area contributed by atoms with Gasteiger partial charge in [0.05, 0.1) is 12.7 Å². The molecule has 3 aromatic rings. The smallest absolute Gasteiger partial charge is 0.259 e. The van der Waals surface area contributed by atoms with E-state index in [4.69, 9.17) is 4.74 Å². The largest absolute Gasteiger partial charge is 0.496 e. The number of hydrogen-bond acceptors (Lipinski definition) is 4. The van der Waals surface area contributed by atoms with Crippen LogP contribution in [0, 0.1) is 6.07 Å². The van der Waals surface area contributed by atoms with Crippen molar-refractivity contribution in [2.24, 2.45) is 0 Å². The SMILES string of the molecule is COc1ccccc1C(=O)Nc1ccc(N2CCN(c3[c]cccc3)CC2)cc1. The highest BCUT2D eigenvalue weighted by Crippen LogP contribution is 2.23. The van der Waals surface area contributed by atoms with Gasteiger partial charge in [-0.25, -0.2) is 0 Å². The molecule has 1 amide bonds. The lowest BCUT2D eigenvalue weighted by molar-refractivity contribution is 0.102. The van der Waals surface area contributed by atoms with E-state index in [0.29, 0.717) is 11.3 Å². The minimum atomic E-state index is -0.178. The van der Waals surface area contributed by atoms with Crippen molar-refractivity contribution in [2.75, 3.05) is 48.4 Å². The Morgan fingerprint density at radius 2 is 1.59 bits per heavy atom. The number of benzene rings is 3. The second kappa shape index (κ2) is 8.69. The third-order valence-corrected chi connectivity index (χ3v) is 5.15. The van der Waals surface area contributed by atoms with Crippen LogP contribution in [0.4, 0.5) is 17.1 Å². The number of rotatable bonds is 5. The zero-order chi connectivity index (χ0) is 20.1. The Kier molecular flexibility index (Phi) is 5.66. The molecule has 1 fully saturated rings. The van der Waals surface area contributed by atoms with Gasteiger partial charge in [-0.05, 0) is 42.5 Å². The molecule has 1 N–H and O–H groups in total. The van der Waals surface area contributed by atoms with Crippen LogP contribution in [0.3, 0.4) is 0 Å². The summed E-state index contributed by atoms with van der Waals surface area (Å²) in [5.74, 6) is 0.387. The van der Waals surface area contributed by atoms with E-state index >= 15 is 0 Å². The highest BCUT2D eigenvalue weighted by molar-refractivity contribution is 6.06. The van der Waals surface area contributed by atoms with Gasteiger partial charge in [-0.1, -0.05) is 30.3 Å². The van der Waals surface area contributed by atoms with Gasteiger partial charge in [-0.2, -0.15) is 0 Å². The number of para-hydroxylation sites is 2. The molecule has 1 radical (unpaired) electrons. The van der Waals surface area contributed by atoms with E-state index in [1.165, 1.54) is 0 Å². The number of anilines is 3. The minimum absolute atomic E-state index is 0.178. The van der Waals surface area contributed by atoms with Crippen molar-refractivity contribution >= 4 is 23.0 Å². The molecule has 5 heteroatoms. The van der Waals surface area contributed by atoms with Crippen molar-refractivity contribution in [3.8, 4) is 5.75 Å². The summed E-state index contributed by atoms with van der Waals surface area (Å²) in [6.45, 7) is 3.84. The van der Waals surface area contributed by atoms with Crippen LogP contribution in [0.25, 0.3) is 0 Å². The van der Waals surface area contributed by atoms with E-state index in [9.17, 15) is 4.79 Å². The first-order chi connectivity index (χ1) is 14.2. The average Bonchev–Trinajstić information content (AvgIpc) is 2.80. The lowest BCUT2D eigenvalue weighted by Gasteiger charge is -2.37. The molecule has 0 bridgehead atoms. The van der Waals surface area contributed by atoms with E-state index in [0.717, 1.165) is 43.2 Å². The maximum absolute atomic E-state index is 12.5. The van der Waals surface area contributed by atoms with Gasteiger partial charge in [0.2, 0.25) is 0 Å². The van der Waals surface area contributed by atoms with Crippen molar-refractivity contribution < 1.29 is 9.53 Å². The standard InChI is InChI=1S/C24H24N3O2/c1-29-23-10-6-5-9-22(23)24(28)25-19-11-13-21(14-12-19)27-17-15-26(16-18-27)20-7-3-2-4-8-20/h2-7,9-14H,15-18H2,1H3,(H,25,28). The predicted molar refractivity (Wildman–Crippen MR) is 117 cm³/mol. The number of carbonyl (C=O) groups excluding carboxylic acids is 1. The normalized spacial score (nSPS) is 13.8. The molecule has 29 heavy (non-hydrogen) atoms. The van der Waals surface area contributed by atoms with Crippen LogP contribution in [0.5, 0.6) is 5.75 Å². The molecular weight excluding hydrogens is 362 g/mol. The van der Waals surface area contributed by atoms with E-state index in [2.05, 4.69) is 45.4 Å². The highest BCUT2D eigenvalue weighted by atomic mass is 16.5. The van der Waals surface area contributed by atoms with Crippen LogP contribution in [0.1, 0.15) is 10.4 Å². The summed E-state index contributed by atoms with van der Waals surface area (Å²) in [7, 11) is 1.57. The maximum atomic E-state index is 12.5. The van der Waals surface area contributed by atoms with Crippen molar-refractivity contribution in [3.05, 3.63) is 84.4 Å². The Bertz CT molecular complexity index is 949. The molecule has 0 saturated carbocycles. The number of hydrogen-bond donors (Lipinski definition) is 1. The molecule has 1 aliphatic heterocycles. The fourth-order valence-electron chi connectivity index (χ4n) is 3.57. The molecule has 147 valence electrons. The molecule has 0 aliphatic carbocycles. The Balaban J connectivity index is 1.37. The molecule has 5 nitrogen and oxygen atoms in total. The summed E-state index contributed by atoms with van der Waals surface area (Å²) >= 11 is 0. The van der Waals surface area contributed by atoms with Crippen molar-refractivity contribution in [3.63, 3.8) is 0 Å². The maximum Gasteiger partial charge on any atom is 0.259 e. The summed E-state index contributed by atoms with van der Waals surface area (Å²) in [6, 6.07) is 26.6. The lowest BCUT2D eigenvalue weighted by atomic mass is 10.1. The Morgan fingerprint density at radius 3 is 2.28 bits per heavy atom. The summed E-state index contributed by atoms with van der Waals surface area (Å²) in [6.07, 6.45) is 0. The molecular formula is C24H24N3O2. The Morgan fingerprint density at radius 1 is 0.897 bits per heavy atom. The first-order valence-corrected chi connectivity index (χ1v) is 9.75. The van der Waals surface area contributed by atoms with Gasteiger partial charge in [0.15, 0.2) is 0 Å². The number of nitrogens with zero attached hydrogens (tertiary/aromatic N) is 2. The Hall–Kier alpha value is -3.47. The van der Waals surface area contributed by atoms with Gasteiger partial charge < -0.3 is 19.9 Å². The highest BCUT2D eigenvalue weighted by Gasteiger charge is 2.18. The quantitative estimate of drug-likeness (QED) is 0.718. The fourth-order valence-corrected chi connectivity index (χ4v) is 3.57. The lowest BCUT2D eigenvalue weighted by Crippen LogP contribution is -2.46. The van der Waals surface area contributed by atoms with Crippen LogP contribution < -0.4 is 19.9 Å². The van der Waals surface area contributed by atoms with Gasteiger partial charge in [-0.3, -0.25) is 4.79 Å². The van der Waals surface area contributed by atoms with Crippen LogP contribution in [0.15, 0.2) is 72.8 Å². The molecule has 0 atom stereocenters. The number of ether oxygens (including phenoxy) is 1. The second-order valence-corrected chi connectivity index (χ2v) is 6.92. The van der Waals surface area contributed by atoms with E-state index in [-0.39, 0.29) is 5.91 Å². The molecule has 4 rings (SSSR count). The molecule has 3 aromatic carbocycles. The van der Waals surface area contributed by atoms with Crippen molar-refractivity contribution in [1.29, 1.82) is 0 Å². The van der Waals surface area contributed by atoms with E-state index in [1.54, 1.807) is 19.2 Å². The first-order valence-electron chi connectivity index (χ1n) is 9.75. The summed E-state index contributed by atoms with van der Waals surface area (Å²) in [4.78, 5) is 17.3. The van der Waals surface area contributed by atoms with Crippen molar-refractivity contribution in [2.45, 2.75) is 0 Å². The van der Waals surface area contributed by atoms with Gasteiger partial charge >= 0.3 is 0 Å². The predicted octanol–water partition coefficient (Wildman–Crippen LogP) is 4.07. The fraction of sp³-hybridized carbons (Fsp3) is 0.208. The van der Waals surface area contributed by atoms with E-state index < -0.39 is 0 Å². The summed E-state index contributed by atoms with van der Waals surface area (Å²) < 4.78 is 5.27. The van der Waals surface area contributed by atoms with Crippen molar-refractivity contribution in [1.82, 2.24) is 0 Å². The molecule has 1 heterocycles. The van der Waals surface area contributed by atoms with Gasteiger partial charge in [0.25, 0.3) is 5.91 Å². The Labute approximate surface area is 171 Å². The number of piperazine rings is 1. The topological polar surface area (TPSA) is 44.8 Å².